The Kier molecular flexibility index (Phi) is 6.93. The molecule has 130 valence electrons. The Labute approximate surface area is 139 Å². The van der Waals surface area contributed by atoms with E-state index >= 15 is 0 Å². The largest absolute Gasteiger partial charge is 0.355 e. The zero-order valence-corrected chi connectivity index (χ0v) is 14.6. The molecule has 0 unspecified atom stereocenters. The smallest absolute Gasteiger partial charge is 0.317 e. The number of nitrogens with zero attached hydrogens (tertiary/aromatic N) is 1. The molecule has 0 bridgehead atoms. The third kappa shape index (κ3) is 5.88. The Morgan fingerprint density at radius 1 is 1.30 bits per heavy atom. The molecule has 2 N–H and O–H groups in total. The van der Waals surface area contributed by atoms with Crippen molar-refractivity contribution in [2.75, 3.05) is 19.6 Å². The van der Waals surface area contributed by atoms with E-state index in [4.69, 9.17) is 0 Å². The minimum absolute atomic E-state index is 0.0511. The molecule has 0 spiro atoms. The van der Waals surface area contributed by atoms with Crippen molar-refractivity contribution < 1.29 is 9.59 Å². The molecule has 1 heterocycles. The van der Waals surface area contributed by atoms with Crippen LogP contribution in [0.4, 0.5) is 4.79 Å². The maximum Gasteiger partial charge on any atom is 0.317 e. The number of allylic oxidation sites excluding steroid dienone is 1. The molecule has 1 aliphatic heterocycles. The zero-order valence-electron chi connectivity index (χ0n) is 14.6. The maximum absolute atomic E-state index is 12.3. The van der Waals surface area contributed by atoms with Crippen LogP contribution in [0.5, 0.6) is 0 Å². The van der Waals surface area contributed by atoms with Crippen molar-refractivity contribution in [1.29, 1.82) is 0 Å². The molecule has 1 atom stereocenters. The highest BCUT2D eigenvalue weighted by Gasteiger charge is 2.28. The second-order valence-corrected chi connectivity index (χ2v) is 7.04. The number of urea groups is 1. The molecule has 1 aliphatic carbocycles. The summed E-state index contributed by atoms with van der Waals surface area (Å²) in [5.74, 6) is 0.0328. The number of rotatable bonds is 5. The third-order valence-electron chi connectivity index (χ3n) is 4.62. The predicted octanol–water partition coefficient (Wildman–Crippen LogP) is 2.82. The van der Waals surface area contributed by atoms with E-state index in [0.29, 0.717) is 6.54 Å². The first-order valence-electron chi connectivity index (χ1n) is 9.07. The lowest BCUT2D eigenvalue weighted by molar-refractivity contribution is -0.126. The molecular weight excluding hydrogens is 290 g/mol. The molecule has 0 aromatic heterocycles. The van der Waals surface area contributed by atoms with Crippen molar-refractivity contribution >= 4 is 11.9 Å². The van der Waals surface area contributed by atoms with Gasteiger partial charge in [0.2, 0.25) is 5.91 Å². The van der Waals surface area contributed by atoms with Crippen LogP contribution in [0.25, 0.3) is 0 Å². The van der Waals surface area contributed by atoms with Crippen molar-refractivity contribution in [2.24, 2.45) is 5.92 Å². The minimum atomic E-state index is -0.0676. The van der Waals surface area contributed by atoms with E-state index in [1.54, 1.807) is 4.90 Å². The second kappa shape index (κ2) is 8.94. The van der Waals surface area contributed by atoms with Gasteiger partial charge >= 0.3 is 6.03 Å². The molecule has 2 rings (SSSR count). The first-order chi connectivity index (χ1) is 11.1. The van der Waals surface area contributed by atoms with Gasteiger partial charge in [0.25, 0.3) is 0 Å². The quantitative estimate of drug-likeness (QED) is 0.765. The van der Waals surface area contributed by atoms with Crippen LogP contribution in [-0.2, 0) is 4.79 Å². The second-order valence-electron chi connectivity index (χ2n) is 7.04. The lowest BCUT2D eigenvalue weighted by Gasteiger charge is -2.32. The van der Waals surface area contributed by atoms with E-state index < -0.39 is 0 Å². The van der Waals surface area contributed by atoms with Crippen LogP contribution in [0.1, 0.15) is 58.8 Å². The number of hydrogen-bond donors (Lipinski definition) is 2. The maximum atomic E-state index is 12.3. The molecule has 3 amide bonds. The lowest BCUT2D eigenvalue weighted by Crippen LogP contribution is -2.50. The van der Waals surface area contributed by atoms with Gasteiger partial charge in [0.1, 0.15) is 0 Å². The molecule has 0 aromatic carbocycles. The Morgan fingerprint density at radius 3 is 2.83 bits per heavy atom. The van der Waals surface area contributed by atoms with Gasteiger partial charge in [0, 0.05) is 25.7 Å². The molecule has 5 heteroatoms. The number of hydrogen-bond acceptors (Lipinski definition) is 2. The molecule has 0 saturated carbocycles. The summed E-state index contributed by atoms with van der Waals surface area (Å²) >= 11 is 0. The Balaban J connectivity index is 1.73. The van der Waals surface area contributed by atoms with E-state index in [-0.39, 0.29) is 23.9 Å². The molecule has 5 nitrogen and oxygen atoms in total. The molecule has 23 heavy (non-hydrogen) atoms. The van der Waals surface area contributed by atoms with Gasteiger partial charge in [-0.1, -0.05) is 11.6 Å². The van der Waals surface area contributed by atoms with Gasteiger partial charge in [-0.3, -0.25) is 4.79 Å². The standard InChI is InChI=1S/C18H31N3O2/c1-14(2)20-18(23)21-12-6-9-16(13-21)17(22)19-11-10-15-7-4-3-5-8-15/h7,14,16H,3-6,8-13H2,1-2H3,(H,19,22)(H,20,23)/t16-/m1/s1. The number of piperidine rings is 1. The van der Waals surface area contributed by atoms with Crippen molar-refractivity contribution in [3.63, 3.8) is 0 Å². The molecule has 2 aliphatic rings. The normalized spacial score (nSPS) is 21.8. The van der Waals surface area contributed by atoms with Crippen LogP contribution in [0.2, 0.25) is 0 Å². The number of amides is 3. The van der Waals surface area contributed by atoms with Crippen molar-refractivity contribution in [3.8, 4) is 0 Å². The molecule has 1 fully saturated rings. The predicted molar refractivity (Wildman–Crippen MR) is 92.1 cm³/mol. The fraction of sp³-hybridized carbons (Fsp3) is 0.778. The van der Waals surface area contributed by atoms with Gasteiger partial charge in [0.15, 0.2) is 0 Å². The van der Waals surface area contributed by atoms with Crippen molar-refractivity contribution in [2.45, 2.75) is 64.8 Å². The molecule has 0 radical (unpaired) electrons. The van der Waals surface area contributed by atoms with Crippen molar-refractivity contribution in [3.05, 3.63) is 11.6 Å². The van der Waals surface area contributed by atoms with Gasteiger partial charge in [-0.25, -0.2) is 4.79 Å². The summed E-state index contributed by atoms with van der Waals surface area (Å²) < 4.78 is 0. The summed E-state index contributed by atoms with van der Waals surface area (Å²) in [4.78, 5) is 26.2. The van der Waals surface area contributed by atoms with Crippen LogP contribution in [-0.4, -0.2) is 42.5 Å². The van der Waals surface area contributed by atoms with Gasteiger partial charge in [-0.05, 0) is 58.8 Å². The molecular formula is C18H31N3O2. The SMILES string of the molecule is CC(C)NC(=O)N1CCC[C@@H](C(=O)NCCC2=CCCCC2)C1. The fourth-order valence-electron chi connectivity index (χ4n) is 3.34. The van der Waals surface area contributed by atoms with Crippen LogP contribution < -0.4 is 10.6 Å². The summed E-state index contributed by atoms with van der Waals surface area (Å²) in [7, 11) is 0. The zero-order chi connectivity index (χ0) is 16.7. The minimum Gasteiger partial charge on any atom is -0.355 e. The van der Waals surface area contributed by atoms with E-state index in [1.165, 1.54) is 31.3 Å². The summed E-state index contributed by atoms with van der Waals surface area (Å²) in [6.07, 6.45) is 10.0. The summed E-state index contributed by atoms with van der Waals surface area (Å²) in [5, 5.41) is 5.97. The van der Waals surface area contributed by atoms with E-state index in [1.807, 2.05) is 13.8 Å². The Morgan fingerprint density at radius 2 is 2.13 bits per heavy atom. The average Bonchev–Trinajstić information content (AvgIpc) is 2.55. The first-order valence-corrected chi connectivity index (χ1v) is 9.07. The topological polar surface area (TPSA) is 61.4 Å². The lowest BCUT2D eigenvalue weighted by atomic mass is 9.96. The number of nitrogens with one attached hydrogen (secondary N) is 2. The van der Waals surface area contributed by atoms with Gasteiger partial charge in [-0.15, -0.1) is 0 Å². The summed E-state index contributed by atoms with van der Waals surface area (Å²) in [6, 6.07) is 0.0744. The number of likely N-dealkylation sites (tertiary alicyclic amines) is 1. The Bertz CT molecular complexity index is 446. The van der Waals surface area contributed by atoms with Crippen LogP contribution in [0.3, 0.4) is 0 Å². The monoisotopic (exact) mass is 321 g/mol. The van der Waals surface area contributed by atoms with Crippen LogP contribution in [0.15, 0.2) is 11.6 Å². The fourth-order valence-corrected chi connectivity index (χ4v) is 3.34. The highest BCUT2D eigenvalue weighted by Crippen LogP contribution is 2.20. The van der Waals surface area contributed by atoms with Gasteiger partial charge in [0.05, 0.1) is 5.92 Å². The first kappa shape index (κ1) is 17.8. The molecule has 0 aromatic rings. The van der Waals surface area contributed by atoms with Crippen molar-refractivity contribution in [1.82, 2.24) is 15.5 Å². The summed E-state index contributed by atoms with van der Waals surface area (Å²) in [5.41, 5.74) is 1.48. The average molecular weight is 321 g/mol. The molecule has 1 saturated heterocycles. The number of carbonyl (C=O) groups is 2. The van der Waals surface area contributed by atoms with Crippen LogP contribution in [0, 0.1) is 5.92 Å². The summed E-state index contributed by atoms with van der Waals surface area (Å²) in [6.45, 7) is 5.90. The number of carbonyl (C=O) groups excluding carboxylic acids is 2. The highest BCUT2D eigenvalue weighted by molar-refractivity contribution is 5.80. The van der Waals surface area contributed by atoms with E-state index in [0.717, 1.165) is 32.4 Å². The highest BCUT2D eigenvalue weighted by atomic mass is 16.2. The van der Waals surface area contributed by atoms with E-state index in [2.05, 4.69) is 16.7 Å². The third-order valence-corrected chi connectivity index (χ3v) is 4.62. The van der Waals surface area contributed by atoms with Gasteiger partial charge in [-0.2, -0.15) is 0 Å². The Hall–Kier alpha value is -1.52. The van der Waals surface area contributed by atoms with Crippen LogP contribution >= 0.6 is 0 Å². The van der Waals surface area contributed by atoms with Gasteiger partial charge < -0.3 is 15.5 Å². The van der Waals surface area contributed by atoms with E-state index in [9.17, 15) is 9.59 Å².